The van der Waals surface area contributed by atoms with Gasteiger partial charge in [-0.2, -0.15) is 17.9 Å². The molecule has 1 N–H and O–H groups in total. The number of benzene rings is 2. The summed E-state index contributed by atoms with van der Waals surface area (Å²) < 4.78 is 80.5. The van der Waals surface area contributed by atoms with E-state index in [4.69, 9.17) is 9.47 Å². The number of hydrogen-bond acceptors (Lipinski definition) is 7. The van der Waals surface area contributed by atoms with Crippen LogP contribution in [0.15, 0.2) is 77.4 Å². The van der Waals surface area contributed by atoms with Crippen molar-refractivity contribution >= 4 is 26.5 Å². The SMILES string of the molecule is O=S(=O)(Nc1nccs1)c1ccc2c(c1)OCCC2Oc1ccc(C(F)(F)F)cc1-c1ccc[n+]([O-])c1. The third-order valence-corrected chi connectivity index (χ3v) is 7.75. The normalized spacial score (nSPS) is 15.5. The van der Waals surface area contributed by atoms with Crippen molar-refractivity contribution in [1.29, 1.82) is 0 Å². The molecule has 0 saturated carbocycles. The lowest BCUT2D eigenvalue weighted by Gasteiger charge is -2.28. The van der Waals surface area contributed by atoms with Crippen LogP contribution in [-0.2, 0) is 16.2 Å². The molecule has 3 heterocycles. The standard InChI is InChI=1S/C24H18F3N3O5S2/c25-24(26,27)16-3-6-20(19(12-16)15-2-1-9-30(31)14-15)35-21-7-10-34-22-13-17(4-5-18(21)22)37(32,33)29-23-28-8-11-36-23/h1-6,8-9,11-14,21H,7,10H2,(H,28,29). The quantitative estimate of drug-likeness (QED) is 0.263. The highest BCUT2D eigenvalue weighted by Crippen LogP contribution is 2.42. The maximum Gasteiger partial charge on any atom is 0.416 e. The lowest BCUT2D eigenvalue weighted by molar-refractivity contribution is -0.604. The molecule has 37 heavy (non-hydrogen) atoms. The molecule has 0 saturated heterocycles. The fourth-order valence-electron chi connectivity index (χ4n) is 3.88. The largest absolute Gasteiger partial charge is 0.619 e. The lowest BCUT2D eigenvalue weighted by atomic mass is 10.0. The zero-order chi connectivity index (χ0) is 26.2. The van der Waals surface area contributed by atoms with E-state index >= 15 is 0 Å². The maximum absolute atomic E-state index is 13.4. The van der Waals surface area contributed by atoms with E-state index in [1.807, 2.05) is 0 Å². The number of aromatic nitrogens is 2. The van der Waals surface area contributed by atoms with Gasteiger partial charge in [0.2, 0.25) is 0 Å². The number of fused-ring (bicyclic) bond motifs is 1. The van der Waals surface area contributed by atoms with Gasteiger partial charge in [-0.1, -0.05) is 6.07 Å². The summed E-state index contributed by atoms with van der Waals surface area (Å²) in [5.41, 5.74) is 0.00357. The first-order valence-electron chi connectivity index (χ1n) is 10.9. The Kier molecular flexibility index (Phi) is 6.42. The molecule has 0 fully saturated rings. The van der Waals surface area contributed by atoms with Crippen LogP contribution >= 0.6 is 11.3 Å². The highest BCUT2D eigenvalue weighted by atomic mass is 32.2. The van der Waals surface area contributed by atoms with Crippen LogP contribution in [0.4, 0.5) is 18.3 Å². The Labute approximate surface area is 213 Å². The number of nitrogens with one attached hydrogen (secondary N) is 1. The van der Waals surface area contributed by atoms with E-state index in [0.29, 0.717) is 16.7 Å². The second-order valence-electron chi connectivity index (χ2n) is 8.05. The number of anilines is 1. The van der Waals surface area contributed by atoms with Crippen LogP contribution in [0.1, 0.15) is 23.7 Å². The number of pyridine rings is 1. The van der Waals surface area contributed by atoms with E-state index in [0.717, 1.165) is 29.7 Å². The molecule has 0 radical (unpaired) electrons. The third kappa shape index (κ3) is 5.32. The van der Waals surface area contributed by atoms with E-state index in [-0.39, 0.29) is 39.3 Å². The minimum atomic E-state index is -4.59. The van der Waals surface area contributed by atoms with Crippen LogP contribution in [0.2, 0.25) is 0 Å². The first-order valence-corrected chi connectivity index (χ1v) is 13.2. The van der Waals surface area contributed by atoms with E-state index in [9.17, 15) is 26.8 Å². The van der Waals surface area contributed by atoms with Gasteiger partial charge >= 0.3 is 6.18 Å². The molecule has 8 nitrogen and oxygen atoms in total. The third-order valence-electron chi connectivity index (χ3n) is 5.60. The molecule has 0 amide bonds. The number of halogens is 3. The first-order chi connectivity index (χ1) is 17.6. The summed E-state index contributed by atoms with van der Waals surface area (Å²) in [6, 6.07) is 10.3. The zero-order valence-corrected chi connectivity index (χ0v) is 20.4. The van der Waals surface area contributed by atoms with Gasteiger partial charge in [0.1, 0.15) is 17.6 Å². The zero-order valence-electron chi connectivity index (χ0n) is 18.8. The van der Waals surface area contributed by atoms with Crippen molar-refractivity contribution in [2.75, 3.05) is 11.3 Å². The van der Waals surface area contributed by atoms with Gasteiger partial charge in [0, 0.05) is 41.3 Å². The van der Waals surface area contributed by atoms with Gasteiger partial charge in [-0.05, 0) is 30.3 Å². The number of alkyl halides is 3. The molecule has 2 aromatic heterocycles. The molecule has 1 atom stereocenters. The second-order valence-corrected chi connectivity index (χ2v) is 10.6. The fraction of sp³-hybridized carbons (Fsp3) is 0.167. The number of rotatable bonds is 6. The van der Waals surface area contributed by atoms with E-state index in [1.165, 1.54) is 42.7 Å². The summed E-state index contributed by atoms with van der Waals surface area (Å²) >= 11 is 1.13. The van der Waals surface area contributed by atoms with Crippen molar-refractivity contribution in [2.45, 2.75) is 23.6 Å². The summed E-state index contributed by atoms with van der Waals surface area (Å²) in [6.07, 6.45) is -0.996. The fourth-order valence-corrected chi connectivity index (χ4v) is 5.68. The predicted octanol–water partition coefficient (Wildman–Crippen LogP) is 5.17. The molecular weight excluding hydrogens is 531 g/mol. The van der Waals surface area contributed by atoms with Crippen molar-refractivity contribution in [3.05, 3.63) is 88.8 Å². The molecule has 1 aliphatic rings. The van der Waals surface area contributed by atoms with Gasteiger partial charge in [0.15, 0.2) is 17.5 Å². The number of ether oxygens (including phenoxy) is 2. The minimum Gasteiger partial charge on any atom is -0.619 e. The van der Waals surface area contributed by atoms with Gasteiger partial charge in [0.05, 0.1) is 22.6 Å². The van der Waals surface area contributed by atoms with E-state index in [2.05, 4.69) is 9.71 Å². The van der Waals surface area contributed by atoms with Gasteiger partial charge in [-0.3, -0.25) is 4.72 Å². The Balaban J connectivity index is 1.48. The highest BCUT2D eigenvalue weighted by molar-refractivity contribution is 7.93. The Morgan fingerprint density at radius 3 is 2.76 bits per heavy atom. The Bertz CT molecular complexity index is 1540. The molecule has 0 spiro atoms. The van der Waals surface area contributed by atoms with Crippen LogP contribution < -0.4 is 18.9 Å². The van der Waals surface area contributed by atoms with E-state index in [1.54, 1.807) is 11.4 Å². The van der Waals surface area contributed by atoms with Gasteiger partial charge < -0.3 is 14.7 Å². The summed E-state index contributed by atoms with van der Waals surface area (Å²) in [5, 5.41) is 13.7. The van der Waals surface area contributed by atoms with Crippen LogP contribution in [-0.4, -0.2) is 20.0 Å². The summed E-state index contributed by atoms with van der Waals surface area (Å²) in [5.74, 6) is 0.419. The number of sulfonamides is 1. The van der Waals surface area contributed by atoms with Crippen LogP contribution in [0, 0.1) is 5.21 Å². The average Bonchev–Trinajstić information content (AvgIpc) is 3.36. The van der Waals surface area contributed by atoms with Crippen molar-refractivity contribution in [1.82, 2.24) is 4.98 Å². The van der Waals surface area contributed by atoms with Gasteiger partial charge in [-0.25, -0.2) is 13.4 Å². The molecule has 192 valence electrons. The topological polar surface area (TPSA) is 104 Å². The first kappa shape index (κ1) is 24.8. The molecule has 13 heteroatoms. The summed E-state index contributed by atoms with van der Waals surface area (Å²) in [7, 11) is -3.92. The Hall–Kier alpha value is -3.84. The molecule has 4 aromatic rings. The average molecular weight is 550 g/mol. The molecule has 0 aliphatic carbocycles. The molecule has 0 bridgehead atoms. The lowest BCUT2D eigenvalue weighted by Crippen LogP contribution is -2.24. The monoisotopic (exact) mass is 549 g/mol. The second kappa shape index (κ2) is 9.56. The van der Waals surface area contributed by atoms with Crippen molar-refractivity contribution in [3.8, 4) is 22.6 Å². The maximum atomic E-state index is 13.4. The Morgan fingerprint density at radius 2 is 2.03 bits per heavy atom. The Morgan fingerprint density at radius 1 is 1.19 bits per heavy atom. The summed E-state index contributed by atoms with van der Waals surface area (Å²) in [6.45, 7) is 0.197. The molecular formula is C24H18F3N3O5S2. The number of hydrogen-bond donors (Lipinski definition) is 1. The predicted molar refractivity (Wildman–Crippen MR) is 129 cm³/mol. The summed E-state index contributed by atoms with van der Waals surface area (Å²) in [4.78, 5) is 3.88. The van der Waals surface area contributed by atoms with Gasteiger partial charge in [0.25, 0.3) is 10.0 Å². The van der Waals surface area contributed by atoms with Crippen LogP contribution in [0.3, 0.4) is 0 Å². The smallest absolute Gasteiger partial charge is 0.416 e. The molecule has 1 unspecified atom stereocenters. The molecule has 1 aliphatic heterocycles. The van der Waals surface area contributed by atoms with Crippen molar-refractivity contribution < 1.29 is 35.8 Å². The number of thiazole rings is 1. The van der Waals surface area contributed by atoms with Gasteiger partial charge in [-0.15, -0.1) is 11.3 Å². The van der Waals surface area contributed by atoms with Crippen molar-refractivity contribution in [2.24, 2.45) is 0 Å². The van der Waals surface area contributed by atoms with Crippen LogP contribution in [0.25, 0.3) is 11.1 Å². The highest BCUT2D eigenvalue weighted by Gasteiger charge is 2.32. The number of nitrogens with zero attached hydrogens (tertiary/aromatic N) is 2. The molecule has 2 aromatic carbocycles. The minimum absolute atomic E-state index is 0.0402. The van der Waals surface area contributed by atoms with Crippen molar-refractivity contribution in [3.63, 3.8) is 0 Å². The van der Waals surface area contributed by atoms with Crippen LogP contribution in [0.5, 0.6) is 11.5 Å². The van der Waals surface area contributed by atoms with E-state index < -0.39 is 27.9 Å². The molecule has 5 rings (SSSR count).